The van der Waals surface area contributed by atoms with Crippen molar-refractivity contribution in [3.8, 4) is 17.2 Å². The minimum absolute atomic E-state index is 0.0374. The summed E-state index contributed by atoms with van der Waals surface area (Å²) in [5.74, 6) is 1.15. The molecule has 0 aliphatic heterocycles. The molecule has 8 nitrogen and oxygen atoms in total. The zero-order valence-corrected chi connectivity index (χ0v) is 33.8. The first-order valence-corrected chi connectivity index (χ1v) is 20.0. The largest absolute Gasteiger partial charge is 0.489 e. The van der Waals surface area contributed by atoms with Crippen LogP contribution < -0.4 is 24.6 Å². The van der Waals surface area contributed by atoms with Crippen molar-refractivity contribution in [2.24, 2.45) is 0 Å². The topological polar surface area (TPSA) is 86.3 Å². The van der Waals surface area contributed by atoms with E-state index >= 15 is 4.79 Å². The van der Waals surface area contributed by atoms with Crippen LogP contribution in [0.15, 0.2) is 182 Å². The predicted octanol–water partition coefficient (Wildman–Crippen LogP) is 11.3. The van der Waals surface area contributed by atoms with Crippen LogP contribution in [0.25, 0.3) is 0 Å². The smallest absolute Gasteiger partial charge is 0.274 e. The Balaban J connectivity index is 1.19. The molecule has 8 heteroatoms. The van der Waals surface area contributed by atoms with Crippen LogP contribution in [-0.4, -0.2) is 11.8 Å². The highest BCUT2D eigenvalue weighted by atomic mass is 16.6. The van der Waals surface area contributed by atoms with E-state index in [4.69, 9.17) is 19.0 Å². The molecular weight excluding hydrogens is 749 g/mol. The first kappa shape index (κ1) is 41.0. The first-order valence-electron chi connectivity index (χ1n) is 20.0. The monoisotopic (exact) mass is 796 g/mol. The lowest BCUT2D eigenvalue weighted by molar-refractivity contribution is 0.0233. The molecule has 0 heterocycles. The average molecular weight is 797 g/mol. The standard InChI is InChI=1S/C52H48N2O6/c1-38(2)47-31-48(50(59-36-42-19-11-5-12-20-42)32-49(47)58-35-41-17-9-4-10-18-41)52(56)54(45-27-29-46(30-28-45)57-34-40-15-7-3-8-16-40)33-39-23-25-44(26-24-39)51(55)53-60-37-43-21-13-6-14-22-43/h3-32,38H,33-37H2,1-2H3,(H,53,55). The second kappa shape index (κ2) is 20.5. The van der Waals surface area contributed by atoms with E-state index in [9.17, 15) is 4.79 Å². The van der Waals surface area contributed by atoms with Crippen LogP contribution in [0.2, 0.25) is 0 Å². The number of rotatable bonds is 18. The fraction of sp³-hybridized carbons (Fsp3) is 0.154. The summed E-state index contributed by atoms with van der Waals surface area (Å²) in [7, 11) is 0. The third kappa shape index (κ3) is 11.3. The van der Waals surface area contributed by atoms with Gasteiger partial charge in [-0.05, 0) is 81.8 Å². The molecule has 0 aliphatic carbocycles. The summed E-state index contributed by atoms with van der Waals surface area (Å²) >= 11 is 0. The number of hydrogen-bond acceptors (Lipinski definition) is 6. The highest BCUT2D eigenvalue weighted by Crippen LogP contribution is 2.37. The molecule has 0 radical (unpaired) electrons. The molecule has 0 saturated carbocycles. The van der Waals surface area contributed by atoms with E-state index in [0.29, 0.717) is 47.3 Å². The average Bonchev–Trinajstić information content (AvgIpc) is 3.30. The van der Waals surface area contributed by atoms with Gasteiger partial charge in [-0.15, -0.1) is 0 Å². The highest BCUT2D eigenvalue weighted by molar-refractivity contribution is 6.08. The fourth-order valence-corrected chi connectivity index (χ4v) is 6.56. The highest BCUT2D eigenvalue weighted by Gasteiger charge is 2.26. The number of nitrogens with one attached hydrogen (secondary N) is 1. The Kier molecular flexibility index (Phi) is 14.0. The van der Waals surface area contributed by atoms with Crippen LogP contribution in [0.4, 0.5) is 5.69 Å². The maximum absolute atomic E-state index is 15.1. The van der Waals surface area contributed by atoms with Gasteiger partial charge in [-0.2, -0.15) is 0 Å². The van der Waals surface area contributed by atoms with Gasteiger partial charge in [0.05, 0.1) is 18.7 Å². The van der Waals surface area contributed by atoms with Gasteiger partial charge in [0, 0.05) is 17.3 Å². The van der Waals surface area contributed by atoms with Crippen LogP contribution >= 0.6 is 0 Å². The van der Waals surface area contributed by atoms with Crippen molar-refractivity contribution < 1.29 is 28.6 Å². The maximum atomic E-state index is 15.1. The van der Waals surface area contributed by atoms with Gasteiger partial charge in [-0.1, -0.05) is 147 Å². The molecule has 0 unspecified atom stereocenters. The molecule has 60 heavy (non-hydrogen) atoms. The SMILES string of the molecule is CC(C)c1cc(C(=O)N(Cc2ccc(C(=O)NOCc3ccccc3)cc2)c2ccc(OCc3ccccc3)cc2)c(OCc2ccccc2)cc1OCc1ccccc1. The number of benzene rings is 7. The number of anilines is 1. The molecule has 0 aromatic heterocycles. The fourth-order valence-electron chi connectivity index (χ4n) is 6.56. The summed E-state index contributed by atoms with van der Waals surface area (Å²) in [6.07, 6.45) is 0. The molecule has 0 bridgehead atoms. The van der Waals surface area contributed by atoms with E-state index in [0.717, 1.165) is 33.4 Å². The maximum Gasteiger partial charge on any atom is 0.274 e. The van der Waals surface area contributed by atoms with Gasteiger partial charge in [-0.3, -0.25) is 14.4 Å². The van der Waals surface area contributed by atoms with Crippen molar-refractivity contribution in [3.05, 3.63) is 226 Å². The Morgan fingerprint density at radius 3 is 1.52 bits per heavy atom. The molecule has 7 aromatic rings. The molecule has 0 fully saturated rings. The van der Waals surface area contributed by atoms with Gasteiger partial charge >= 0.3 is 0 Å². The van der Waals surface area contributed by atoms with Crippen LogP contribution in [0.5, 0.6) is 17.2 Å². The Bertz CT molecular complexity index is 2420. The normalized spacial score (nSPS) is 10.8. The van der Waals surface area contributed by atoms with Crippen molar-refractivity contribution in [1.82, 2.24) is 5.48 Å². The van der Waals surface area contributed by atoms with E-state index in [-0.39, 0.29) is 37.5 Å². The number of nitrogens with zero attached hydrogens (tertiary/aromatic N) is 1. The molecule has 0 atom stereocenters. The molecule has 0 saturated heterocycles. The van der Waals surface area contributed by atoms with Crippen molar-refractivity contribution in [1.29, 1.82) is 0 Å². The summed E-state index contributed by atoms with van der Waals surface area (Å²) in [5.41, 5.74) is 9.70. The lowest BCUT2D eigenvalue weighted by Gasteiger charge is -2.26. The molecule has 2 amide bonds. The number of carbonyl (C=O) groups excluding carboxylic acids is 2. The molecule has 7 aromatic carbocycles. The minimum Gasteiger partial charge on any atom is -0.489 e. The zero-order valence-electron chi connectivity index (χ0n) is 33.8. The van der Waals surface area contributed by atoms with Crippen LogP contribution in [0.1, 0.15) is 73.9 Å². The molecule has 0 spiro atoms. The van der Waals surface area contributed by atoms with E-state index in [1.807, 2.05) is 170 Å². The van der Waals surface area contributed by atoms with Crippen LogP contribution in [0, 0.1) is 0 Å². The van der Waals surface area contributed by atoms with Gasteiger partial charge in [-0.25, -0.2) is 5.48 Å². The van der Waals surface area contributed by atoms with Crippen molar-refractivity contribution in [2.45, 2.75) is 52.7 Å². The number of hydrogen-bond donors (Lipinski definition) is 1. The van der Waals surface area contributed by atoms with E-state index in [1.54, 1.807) is 17.0 Å². The van der Waals surface area contributed by atoms with Gasteiger partial charge in [0.15, 0.2) is 0 Å². The van der Waals surface area contributed by atoms with Crippen molar-refractivity contribution >= 4 is 17.5 Å². The van der Waals surface area contributed by atoms with Gasteiger partial charge in [0.25, 0.3) is 11.8 Å². The van der Waals surface area contributed by atoms with Gasteiger partial charge < -0.3 is 19.1 Å². The van der Waals surface area contributed by atoms with Crippen LogP contribution in [-0.2, 0) is 37.8 Å². The Hall–Kier alpha value is -7.16. The molecule has 7 rings (SSSR count). The molecular formula is C52H48N2O6. The summed E-state index contributed by atoms with van der Waals surface area (Å²) in [6, 6.07) is 57.8. The zero-order chi connectivity index (χ0) is 41.5. The Labute approximate surface area is 351 Å². The van der Waals surface area contributed by atoms with Gasteiger partial charge in [0.2, 0.25) is 0 Å². The first-order chi connectivity index (χ1) is 29.4. The molecule has 1 N–H and O–H groups in total. The second-order valence-electron chi connectivity index (χ2n) is 14.7. The minimum atomic E-state index is -0.368. The summed E-state index contributed by atoms with van der Waals surface area (Å²) in [4.78, 5) is 35.3. The van der Waals surface area contributed by atoms with E-state index in [2.05, 4.69) is 19.3 Å². The Morgan fingerprint density at radius 1 is 0.517 bits per heavy atom. The summed E-state index contributed by atoms with van der Waals surface area (Å²) in [5, 5.41) is 0. The van der Waals surface area contributed by atoms with E-state index in [1.165, 1.54) is 0 Å². The summed E-state index contributed by atoms with van der Waals surface area (Å²) in [6.45, 7) is 5.65. The number of carbonyl (C=O) groups is 2. The van der Waals surface area contributed by atoms with Crippen molar-refractivity contribution in [2.75, 3.05) is 4.90 Å². The third-order valence-corrected chi connectivity index (χ3v) is 9.88. The number of hydroxylamine groups is 1. The third-order valence-electron chi connectivity index (χ3n) is 9.88. The quantitative estimate of drug-likeness (QED) is 0.0871. The summed E-state index contributed by atoms with van der Waals surface area (Å²) < 4.78 is 19.0. The predicted molar refractivity (Wildman–Crippen MR) is 235 cm³/mol. The van der Waals surface area contributed by atoms with Crippen LogP contribution in [0.3, 0.4) is 0 Å². The number of amides is 2. The van der Waals surface area contributed by atoms with E-state index < -0.39 is 0 Å². The second-order valence-corrected chi connectivity index (χ2v) is 14.7. The molecule has 0 aliphatic rings. The lowest BCUT2D eigenvalue weighted by atomic mass is 9.97. The van der Waals surface area contributed by atoms with Gasteiger partial charge in [0.1, 0.15) is 37.1 Å². The Morgan fingerprint density at radius 2 is 1.00 bits per heavy atom. The number of ether oxygens (including phenoxy) is 3. The molecule has 302 valence electrons. The van der Waals surface area contributed by atoms with Crippen molar-refractivity contribution in [3.63, 3.8) is 0 Å². The lowest BCUT2D eigenvalue weighted by Crippen LogP contribution is -2.31.